The zero-order valence-electron chi connectivity index (χ0n) is 21.0. The number of fused-ring (bicyclic) bond motifs is 1. The summed E-state index contributed by atoms with van der Waals surface area (Å²) in [6.07, 6.45) is 6.17. The Labute approximate surface area is 211 Å². The minimum Gasteiger partial charge on any atom is -0.351 e. The van der Waals surface area contributed by atoms with Crippen molar-refractivity contribution in [3.63, 3.8) is 0 Å². The predicted molar refractivity (Wildman–Crippen MR) is 137 cm³/mol. The van der Waals surface area contributed by atoms with Crippen LogP contribution in [0.2, 0.25) is 0 Å². The van der Waals surface area contributed by atoms with Gasteiger partial charge in [0.25, 0.3) is 5.91 Å². The summed E-state index contributed by atoms with van der Waals surface area (Å²) in [6, 6.07) is 16.4. The number of benzene rings is 2. The van der Waals surface area contributed by atoms with Gasteiger partial charge in [-0.2, -0.15) is 5.10 Å². The molecule has 1 aliphatic carbocycles. The van der Waals surface area contributed by atoms with E-state index in [1.807, 2.05) is 12.1 Å². The lowest BCUT2D eigenvalue weighted by Gasteiger charge is -2.44. The van der Waals surface area contributed by atoms with Crippen LogP contribution in [-0.4, -0.2) is 38.1 Å². The van der Waals surface area contributed by atoms with E-state index in [1.54, 1.807) is 35.9 Å². The first-order valence-electron chi connectivity index (χ1n) is 12.9. The molecule has 1 N–H and O–H groups in total. The van der Waals surface area contributed by atoms with Crippen LogP contribution in [0.4, 0.5) is 4.39 Å². The van der Waals surface area contributed by atoms with Crippen molar-refractivity contribution in [2.75, 3.05) is 0 Å². The Balaban J connectivity index is 1.51. The van der Waals surface area contributed by atoms with Gasteiger partial charge in [0, 0.05) is 17.2 Å². The molecule has 188 valence electrons. The van der Waals surface area contributed by atoms with Crippen LogP contribution in [0.25, 0.3) is 11.3 Å². The second-order valence-electron chi connectivity index (χ2n) is 10.2. The predicted octanol–water partition coefficient (Wildman–Crippen LogP) is 5.12. The Morgan fingerprint density at radius 3 is 2.53 bits per heavy atom. The van der Waals surface area contributed by atoms with Crippen molar-refractivity contribution in [1.29, 1.82) is 0 Å². The fraction of sp³-hybridized carbons (Fsp3) is 0.414. The first-order chi connectivity index (χ1) is 17.4. The van der Waals surface area contributed by atoms with Crippen molar-refractivity contribution in [2.45, 2.75) is 77.0 Å². The van der Waals surface area contributed by atoms with Crippen molar-refractivity contribution >= 4 is 11.8 Å². The summed E-state index contributed by atoms with van der Waals surface area (Å²) in [6.45, 7) is 4.08. The summed E-state index contributed by atoms with van der Waals surface area (Å²) in [5.74, 6) is -0.931. The first-order valence-corrected chi connectivity index (χ1v) is 12.9. The van der Waals surface area contributed by atoms with Crippen LogP contribution in [0.5, 0.6) is 0 Å². The summed E-state index contributed by atoms with van der Waals surface area (Å²) >= 11 is 0. The van der Waals surface area contributed by atoms with Crippen LogP contribution in [-0.2, 0) is 24.3 Å². The van der Waals surface area contributed by atoms with Gasteiger partial charge in [-0.05, 0) is 43.9 Å². The van der Waals surface area contributed by atoms with E-state index in [1.165, 1.54) is 23.0 Å². The number of nitrogens with zero attached hydrogens (tertiary/aromatic N) is 3. The number of hydrogen-bond donors (Lipinski definition) is 1. The summed E-state index contributed by atoms with van der Waals surface area (Å²) in [7, 11) is 0. The molecule has 0 unspecified atom stereocenters. The minimum atomic E-state index is -1.21. The van der Waals surface area contributed by atoms with Crippen molar-refractivity contribution in [3.05, 3.63) is 77.2 Å². The van der Waals surface area contributed by atoms with Gasteiger partial charge in [0.1, 0.15) is 17.1 Å². The van der Waals surface area contributed by atoms with Gasteiger partial charge in [0.15, 0.2) is 0 Å². The van der Waals surface area contributed by atoms with Gasteiger partial charge in [0.2, 0.25) is 5.91 Å². The molecule has 5 rings (SSSR count). The Morgan fingerprint density at radius 2 is 1.83 bits per heavy atom. The molecule has 1 atom stereocenters. The third-order valence-electron chi connectivity index (χ3n) is 7.67. The molecule has 1 fully saturated rings. The van der Waals surface area contributed by atoms with Gasteiger partial charge in [-0.25, -0.2) is 4.39 Å². The van der Waals surface area contributed by atoms with E-state index in [-0.39, 0.29) is 30.9 Å². The number of halogens is 1. The van der Waals surface area contributed by atoms with E-state index in [4.69, 9.17) is 5.10 Å². The van der Waals surface area contributed by atoms with Crippen LogP contribution in [0, 0.1) is 5.82 Å². The molecule has 1 aromatic heterocycles. The third-order valence-corrected chi connectivity index (χ3v) is 7.67. The topological polar surface area (TPSA) is 67.2 Å². The third kappa shape index (κ3) is 4.54. The van der Waals surface area contributed by atoms with Gasteiger partial charge < -0.3 is 10.2 Å². The summed E-state index contributed by atoms with van der Waals surface area (Å²) in [4.78, 5) is 29.1. The molecule has 7 heteroatoms. The highest BCUT2D eigenvalue weighted by Gasteiger charge is 2.48. The number of amides is 2. The molecule has 36 heavy (non-hydrogen) atoms. The molecule has 0 bridgehead atoms. The number of aryl methyl sites for hydroxylation is 1. The molecule has 1 saturated carbocycles. The Morgan fingerprint density at radius 1 is 1.11 bits per heavy atom. The zero-order valence-corrected chi connectivity index (χ0v) is 21.0. The van der Waals surface area contributed by atoms with Gasteiger partial charge >= 0.3 is 0 Å². The molecule has 2 aliphatic rings. The van der Waals surface area contributed by atoms with Gasteiger partial charge in [0.05, 0.1) is 18.8 Å². The molecular weight excluding hydrogens is 455 g/mol. The van der Waals surface area contributed by atoms with Crippen molar-refractivity contribution in [2.24, 2.45) is 0 Å². The van der Waals surface area contributed by atoms with Crippen LogP contribution < -0.4 is 5.32 Å². The maximum atomic E-state index is 14.6. The number of nitrogens with one attached hydrogen (secondary N) is 1. The van der Waals surface area contributed by atoms with E-state index >= 15 is 0 Å². The normalized spacial score (nSPS) is 20.3. The van der Waals surface area contributed by atoms with Gasteiger partial charge in [-0.1, -0.05) is 68.7 Å². The summed E-state index contributed by atoms with van der Waals surface area (Å²) < 4.78 is 16.3. The van der Waals surface area contributed by atoms with E-state index in [0.29, 0.717) is 17.0 Å². The number of rotatable bonds is 6. The van der Waals surface area contributed by atoms with E-state index in [2.05, 4.69) is 24.4 Å². The highest BCUT2D eigenvalue weighted by atomic mass is 19.1. The molecule has 2 heterocycles. The second-order valence-corrected chi connectivity index (χ2v) is 10.2. The lowest BCUT2D eigenvalue weighted by molar-refractivity contribution is -0.134. The fourth-order valence-electron chi connectivity index (χ4n) is 5.33. The fourth-order valence-corrected chi connectivity index (χ4v) is 5.33. The SMILES string of the molecule is CCc1ccc(-c2cc3n(n2)C[C@](C)(C(=O)NC2CCCCC2)N(Cc2ccccc2F)C3=O)cc1. The molecule has 0 saturated heterocycles. The Kier molecular flexibility index (Phi) is 6.65. The number of carbonyl (C=O) groups excluding carboxylic acids is 2. The lowest BCUT2D eigenvalue weighted by Crippen LogP contribution is -2.64. The largest absolute Gasteiger partial charge is 0.351 e. The van der Waals surface area contributed by atoms with E-state index in [9.17, 15) is 14.0 Å². The lowest BCUT2D eigenvalue weighted by atomic mass is 9.91. The van der Waals surface area contributed by atoms with Crippen LogP contribution in [0.1, 0.15) is 67.6 Å². The zero-order chi connectivity index (χ0) is 25.3. The maximum absolute atomic E-state index is 14.6. The second kappa shape index (κ2) is 9.88. The quantitative estimate of drug-likeness (QED) is 0.524. The molecule has 6 nitrogen and oxygen atoms in total. The molecule has 2 aromatic carbocycles. The average Bonchev–Trinajstić information content (AvgIpc) is 3.32. The summed E-state index contributed by atoms with van der Waals surface area (Å²) in [5.41, 5.74) is 2.40. The molecular formula is C29H33FN4O2. The van der Waals surface area contributed by atoms with Crippen LogP contribution in [0.3, 0.4) is 0 Å². The minimum absolute atomic E-state index is 0.00576. The standard InChI is InChI=1S/C29H33FN4O2/c1-3-20-13-15-21(16-14-20)25-17-26-27(35)33(18-22-9-7-8-12-24(22)30)29(2,19-34(26)32-25)28(36)31-23-10-5-4-6-11-23/h7-9,12-17,23H,3-6,10-11,18-19H2,1-2H3,(H,31,36)/t29-/m1/s1. The van der Waals surface area contributed by atoms with E-state index in [0.717, 1.165) is 37.7 Å². The maximum Gasteiger partial charge on any atom is 0.273 e. The molecule has 0 radical (unpaired) electrons. The highest BCUT2D eigenvalue weighted by molar-refractivity contribution is 6.00. The smallest absolute Gasteiger partial charge is 0.273 e. The summed E-state index contributed by atoms with van der Waals surface area (Å²) in [5, 5.41) is 7.92. The Hall–Kier alpha value is -3.48. The van der Waals surface area contributed by atoms with Crippen molar-refractivity contribution < 1.29 is 14.0 Å². The number of aromatic nitrogens is 2. The van der Waals surface area contributed by atoms with Crippen molar-refractivity contribution in [3.8, 4) is 11.3 Å². The van der Waals surface area contributed by atoms with Crippen molar-refractivity contribution in [1.82, 2.24) is 20.0 Å². The van der Waals surface area contributed by atoms with Crippen LogP contribution >= 0.6 is 0 Å². The molecule has 1 aliphatic heterocycles. The van der Waals surface area contributed by atoms with Gasteiger partial charge in [-0.3, -0.25) is 14.3 Å². The molecule has 2 amide bonds. The van der Waals surface area contributed by atoms with Gasteiger partial charge in [-0.15, -0.1) is 0 Å². The van der Waals surface area contributed by atoms with E-state index < -0.39 is 11.4 Å². The number of carbonyl (C=O) groups is 2. The number of hydrogen-bond acceptors (Lipinski definition) is 3. The molecule has 0 spiro atoms. The average molecular weight is 489 g/mol. The van der Waals surface area contributed by atoms with Crippen LogP contribution in [0.15, 0.2) is 54.6 Å². The molecule has 3 aromatic rings. The highest BCUT2D eigenvalue weighted by Crippen LogP contribution is 2.32. The first kappa shape index (κ1) is 24.2. The Bertz CT molecular complexity index is 1260. The monoisotopic (exact) mass is 488 g/mol.